The number of nitrogens with zero attached hydrogens (tertiary/aromatic N) is 3. The second kappa shape index (κ2) is 5.05. The van der Waals surface area contributed by atoms with E-state index >= 15 is 0 Å². The zero-order valence-corrected chi connectivity index (χ0v) is 10.8. The number of benzene rings is 1. The number of nitrogens with two attached hydrogens (primary N) is 1. The van der Waals surface area contributed by atoms with Gasteiger partial charge in [0.2, 0.25) is 0 Å². The second-order valence-corrected chi connectivity index (χ2v) is 4.54. The van der Waals surface area contributed by atoms with E-state index < -0.39 is 0 Å². The quantitative estimate of drug-likeness (QED) is 0.330. The zero-order chi connectivity index (χ0) is 13.9. The molecule has 20 heavy (non-hydrogen) atoms. The van der Waals surface area contributed by atoms with Crippen molar-refractivity contribution in [3.05, 3.63) is 66.1 Å². The Kier molecular flexibility index (Phi) is 3.09. The van der Waals surface area contributed by atoms with Crippen LogP contribution in [0.25, 0.3) is 10.9 Å². The molecule has 0 atom stereocenters. The van der Waals surface area contributed by atoms with E-state index in [9.17, 15) is 0 Å². The van der Waals surface area contributed by atoms with E-state index in [1.807, 2.05) is 47.2 Å². The lowest BCUT2D eigenvalue weighted by atomic mass is 10.1. The van der Waals surface area contributed by atoms with Crippen molar-refractivity contribution in [1.29, 1.82) is 0 Å². The van der Waals surface area contributed by atoms with Crippen LogP contribution in [0.5, 0.6) is 0 Å². The SMILES string of the molecule is N/C(=N/O)c1cccn1Cc1ccc2ncccc2c1. The molecule has 2 aromatic heterocycles. The standard InChI is InChI=1S/C15H14N4O/c16-15(18-20)14-4-2-8-19(14)10-11-5-6-13-12(9-11)3-1-7-17-13/h1-9,20H,10H2,(H2,16,18). The molecule has 0 fully saturated rings. The second-order valence-electron chi connectivity index (χ2n) is 4.54. The molecule has 2 heterocycles. The van der Waals surface area contributed by atoms with E-state index in [2.05, 4.69) is 16.2 Å². The average Bonchev–Trinajstić information content (AvgIpc) is 2.94. The number of rotatable bonds is 3. The normalized spacial score (nSPS) is 11.9. The highest BCUT2D eigenvalue weighted by Gasteiger charge is 2.06. The first-order valence-corrected chi connectivity index (χ1v) is 6.24. The molecule has 0 unspecified atom stereocenters. The number of fused-ring (bicyclic) bond motifs is 1. The van der Waals surface area contributed by atoms with Crippen LogP contribution in [0.4, 0.5) is 0 Å². The van der Waals surface area contributed by atoms with Gasteiger partial charge in [0, 0.05) is 24.3 Å². The van der Waals surface area contributed by atoms with Crippen molar-refractivity contribution in [2.45, 2.75) is 6.54 Å². The molecule has 0 spiro atoms. The molecule has 5 nitrogen and oxygen atoms in total. The minimum absolute atomic E-state index is 0.109. The first-order valence-electron chi connectivity index (χ1n) is 6.24. The summed E-state index contributed by atoms with van der Waals surface area (Å²) in [5.74, 6) is 0.109. The maximum atomic E-state index is 8.78. The maximum absolute atomic E-state index is 8.78. The van der Waals surface area contributed by atoms with E-state index in [1.165, 1.54) is 0 Å². The highest BCUT2D eigenvalue weighted by molar-refractivity contribution is 5.95. The van der Waals surface area contributed by atoms with E-state index in [0.717, 1.165) is 16.5 Å². The summed E-state index contributed by atoms with van der Waals surface area (Å²) < 4.78 is 1.94. The van der Waals surface area contributed by atoms with Gasteiger partial charge in [0.05, 0.1) is 11.2 Å². The Labute approximate surface area is 116 Å². The van der Waals surface area contributed by atoms with Gasteiger partial charge >= 0.3 is 0 Å². The predicted molar refractivity (Wildman–Crippen MR) is 77.8 cm³/mol. The Morgan fingerprint density at radius 3 is 3.00 bits per heavy atom. The van der Waals surface area contributed by atoms with Crippen LogP contribution in [-0.4, -0.2) is 20.6 Å². The average molecular weight is 266 g/mol. The molecule has 100 valence electrons. The van der Waals surface area contributed by atoms with Gasteiger partial charge in [0.15, 0.2) is 5.84 Å². The van der Waals surface area contributed by atoms with Gasteiger partial charge < -0.3 is 15.5 Å². The number of amidine groups is 1. The first-order chi connectivity index (χ1) is 9.78. The minimum atomic E-state index is 0.109. The fraction of sp³-hybridized carbons (Fsp3) is 0.0667. The van der Waals surface area contributed by atoms with Gasteiger partial charge in [-0.2, -0.15) is 0 Å². The lowest BCUT2D eigenvalue weighted by molar-refractivity contribution is 0.318. The van der Waals surface area contributed by atoms with Crippen molar-refractivity contribution < 1.29 is 5.21 Å². The van der Waals surface area contributed by atoms with Gasteiger partial charge in [-0.1, -0.05) is 17.3 Å². The molecule has 5 heteroatoms. The smallest absolute Gasteiger partial charge is 0.186 e. The van der Waals surface area contributed by atoms with Crippen LogP contribution >= 0.6 is 0 Å². The summed E-state index contributed by atoms with van der Waals surface area (Å²) in [5, 5.41) is 12.9. The van der Waals surface area contributed by atoms with Gasteiger partial charge in [-0.25, -0.2) is 0 Å². The fourth-order valence-corrected chi connectivity index (χ4v) is 2.26. The van der Waals surface area contributed by atoms with Crippen molar-refractivity contribution in [3.8, 4) is 0 Å². The number of pyridine rings is 1. The minimum Gasteiger partial charge on any atom is -0.409 e. The Morgan fingerprint density at radius 1 is 1.25 bits per heavy atom. The van der Waals surface area contributed by atoms with Crippen LogP contribution in [0.1, 0.15) is 11.3 Å². The number of aromatic nitrogens is 2. The summed E-state index contributed by atoms with van der Waals surface area (Å²) in [6.07, 6.45) is 3.69. The molecule has 3 N–H and O–H groups in total. The van der Waals surface area contributed by atoms with Crippen LogP contribution in [-0.2, 0) is 6.54 Å². The molecule has 0 aliphatic carbocycles. The number of oxime groups is 1. The van der Waals surface area contributed by atoms with Crippen molar-refractivity contribution >= 4 is 16.7 Å². The number of hydrogen-bond acceptors (Lipinski definition) is 3. The van der Waals surface area contributed by atoms with Crippen LogP contribution in [0, 0.1) is 0 Å². The van der Waals surface area contributed by atoms with Crippen LogP contribution in [0.3, 0.4) is 0 Å². The largest absolute Gasteiger partial charge is 0.409 e. The maximum Gasteiger partial charge on any atom is 0.186 e. The van der Waals surface area contributed by atoms with Crippen molar-refractivity contribution in [2.24, 2.45) is 10.9 Å². The lowest BCUT2D eigenvalue weighted by Gasteiger charge is -2.09. The third-order valence-corrected chi connectivity index (χ3v) is 3.22. The van der Waals surface area contributed by atoms with Gasteiger partial charge in [-0.05, 0) is 35.9 Å². The van der Waals surface area contributed by atoms with Crippen molar-refractivity contribution in [3.63, 3.8) is 0 Å². The third kappa shape index (κ3) is 2.21. The molecule has 0 amide bonds. The summed E-state index contributed by atoms with van der Waals surface area (Å²) in [6.45, 7) is 0.656. The number of hydrogen-bond donors (Lipinski definition) is 2. The lowest BCUT2D eigenvalue weighted by Crippen LogP contribution is -2.18. The Balaban J connectivity index is 1.95. The summed E-state index contributed by atoms with van der Waals surface area (Å²) in [7, 11) is 0. The molecule has 1 aromatic carbocycles. The molecule has 0 saturated heterocycles. The van der Waals surface area contributed by atoms with Crippen LogP contribution in [0.2, 0.25) is 0 Å². The van der Waals surface area contributed by atoms with Crippen LogP contribution < -0.4 is 5.73 Å². The van der Waals surface area contributed by atoms with Crippen LogP contribution in [0.15, 0.2) is 60.0 Å². The van der Waals surface area contributed by atoms with E-state index in [4.69, 9.17) is 10.9 Å². The Hall–Kier alpha value is -2.82. The Bertz CT molecular complexity index is 776. The molecule has 0 aliphatic heterocycles. The molecule has 0 bridgehead atoms. The molecule has 3 rings (SSSR count). The van der Waals surface area contributed by atoms with Gasteiger partial charge in [-0.3, -0.25) is 4.98 Å². The third-order valence-electron chi connectivity index (χ3n) is 3.22. The molecule has 3 aromatic rings. The molecule has 0 aliphatic rings. The Morgan fingerprint density at radius 2 is 2.15 bits per heavy atom. The van der Waals surface area contributed by atoms with Gasteiger partial charge in [0.25, 0.3) is 0 Å². The summed E-state index contributed by atoms with van der Waals surface area (Å²) in [6, 6.07) is 13.8. The summed E-state index contributed by atoms with van der Waals surface area (Å²) >= 11 is 0. The van der Waals surface area contributed by atoms with Crippen molar-refractivity contribution in [1.82, 2.24) is 9.55 Å². The van der Waals surface area contributed by atoms with E-state index in [1.54, 1.807) is 6.20 Å². The summed E-state index contributed by atoms with van der Waals surface area (Å²) in [4.78, 5) is 4.30. The zero-order valence-electron chi connectivity index (χ0n) is 10.8. The topological polar surface area (TPSA) is 76.4 Å². The van der Waals surface area contributed by atoms with Gasteiger partial charge in [-0.15, -0.1) is 0 Å². The first kappa shape index (κ1) is 12.2. The molecule has 0 saturated carbocycles. The predicted octanol–water partition coefficient (Wildman–Crippen LogP) is 2.18. The fourth-order valence-electron chi connectivity index (χ4n) is 2.26. The monoisotopic (exact) mass is 266 g/mol. The van der Waals surface area contributed by atoms with Gasteiger partial charge in [0.1, 0.15) is 0 Å². The van der Waals surface area contributed by atoms with E-state index in [-0.39, 0.29) is 5.84 Å². The molecule has 0 radical (unpaired) electrons. The highest BCUT2D eigenvalue weighted by atomic mass is 16.4. The molecular weight excluding hydrogens is 252 g/mol. The van der Waals surface area contributed by atoms with Crippen molar-refractivity contribution in [2.75, 3.05) is 0 Å². The van der Waals surface area contributed by atoms with E-state index in [0.29, 0.717) is 12.2 Å². The highest BCUT2D eigenvalue weighted by Crippen LogP contribution is 2.15. The summed E-state index contributed by atoms with van der Waals surface area (Å²) in [5.41, 5.74) is 8.45. The molecular formula is C15H14N4O.